The normalized spacial score (nSPS) is 14.7. The molecule has 1 unspecified atom stereocenters. The molecule has 0 saturated heterocycles. The van der Waals surface area contributed by atoms with Crippen LogP contribution in [0.1, 0.15) is 26.3 Å². The molecule has 0 bridgehead atoms. The number of nitrogens with two attached hydrogens (primary N) is 1. The van der Waals surface area contributed by atoms with Gasteiger partial charge in [0.2, 0.25) is 5.91 Å². The average molecular weight is 394 g/mol. The molecule has 1 aromatic heterocycles. The number of esters is 1. The van der Waals surface area contributed by atoms with E-state index in [4.69, 9.17) is 15.2 Å². The summed E-state index contributed by atoms with van der Waals surface area (Å²) in [6, 6.07) is 10.8. The van der Waals surface area contributed by atoms with E-state index in [1.165, 1.54) is 13.8 Å². The smallest absolute Gasteiger partial charge is 0.331 e. The molecule has 0 spiro atoms. The van der Waals surface area contributed by atoms with Crippen molar-refractivity contribution in [1.29, 1.82) is 0 Å². The van der Waals surface area contributed by atoms with E-state index in [9.17, 15) is 9.59 Å². The molecule has 2 rings (SSSR count). The maximum absolute atomic E-state index is 12.5. The Bertz CT molecular complexity index is 743. The van der Waals surface area contributed by atoms with Crippen molar-refractivity contribution in [2.45, 2.75) is 38.6 Å². The summed E-state index contributed by atoms with van der Waals surface area (Å²) in [7, 11) is 0. The Morgan fingerprint density at radius 2 is 1.70 bits per heavy atom. The first-order chi connectivity index (χ1) is 12.3. The van der Waals surface area contributed by atoms with E-state index >= 15 is 0 Å². The number of hydrogen-bond donors (Lipinski definition) is 2. The first kappa shape index (κ1) is 22.4. The molecule has 0 aliphatic heterocycles. The van der Waals surface area contributed by atoms with Gasteiger partial charge in [0.15, 0.2) is 0 Å². The van der Waals surface area contributed by atoms with Crippen molar-refractivity contribution in [3.05, 3.63) is 60.4 Å². The van der Waals surface area contributed by atoms with Crippen LogP contribution >= 0.6 is 12.4 Å². The Kier molecular flexibility index (Phi) is 8.21. The molecule has 0 saturated carbocycles. The lowest BCUT2D eigenvalue weighted by Gasteiger charge is -2.31. The summed E-state index contributed by atoms with van der Waals surface area (Å²) in [5.74, 6) is -1.94. The van der Waals surface area contributed by atoms with Gasteiger partial charge >= 0.3 is 5.97 Å². The Morgan fingerprint density at radius 1 is 1.11 bits per heavy atom. The van der Waals surface area contributed by atoms with Crippen molar-refractivity contribution in [3.63, 3.8) is 0 Å². The highest BCUT2D eigenvalue weighted by Gasteiger charge is 2.35. The Morgan fingerprint density at radius 3 is 2.26 bits per heavy atom. The summed E-state index contributed by atoms with van der Waals surface area (Å²) in [4.78, 5) is 28.2. The summed E-state index contributed by atoms with van der Waals surface area (Å²) in [5, 5.41) is 2.51. The molecule has 146 valence electrons. The lowest BCUT2D eigenvalue weighted by Crippen LogP contribution is -2.48. The monoisotopic (exact) mass is 393 g/mol. The summed E-state index contributed by atoms with van der Waals surface area (Å²) in [5.41, 5.74) is 6.12. The molecule has 0 fully saturated rings. The van der Waals surface area contributed by atoms with E-state index in [1.807, 2.05) is 18.2 Å². The van der Waals surface area contributed by atoms with E-state index in [1.54, 1.807) is 43.6 Å². The molecule has 27 heavy (non-hydrogen) atoms. The standard InChI is InChI=1S/C19H23N3O4.ClH/c1-13(20)17(23)22-14(2)18(24)26-19(3,15-9-11-21-12-10-15)25-16-7-5-4-6-8-16;/h4-14H,20H2,1-3H3,(H,22,23);1H/t13-,14-,19?;/m0./s1. The molecule has 8 heteroatoms. The fourth-order valence-corrected chi connectivity index (χ4v) is 2.19. The van der Waals surface area contributed by atoms with Gasteiger partial charge in [-0.05, 0) is 38.1 Å². The number of nitrogens with one attached hydrogen (secondary N) is 1. The van der Waals surface area contributed by atoms with Crippen LogP contribution in [0.3, 0.4) is 0 Å². The highest BCUT2D eigenvalue weighted by molar-refractivity contribution is 5.87. The number of carbonyl (C=O) groups is 2. The van der Waals surface area contributed by atoms with Gasteiger partial charge in [0, 0.05) is 24.9 Å². The van der Waals surface area contributed by atoms with E-state index < -0.39 is 29.7 Å². The Balaban J connectivity index is 0.00000364. The van der Waals surface area contributed by atoms with Gasteiger partial charge in [-0.25, -0.2) is 4.79 Å². The number of aromatic nitrogens is 1. The highest BCUT2D eigenvalue weighted by Crippen LogP contribution is 2.29. The van der Waals surface area contributed by atoms with E-state index in [0.29, 0.717) is 11.3 Å². The van der Waals surface area contributed by atoms with Gasteiger partial charge in [-0.15, -0.1) is 12.4 Å². The fourth-order valence-electron chi connectivity index (χ4n) is 2.19. The first-order valence-corrected chi connectivity index (χ1v) is 8.25. The topological polar surface area (TPSA) is 104 Å². The van der Waals surface area contributed by atoms with Crippen LogP contribution in [0.25, 0.3) is 0 Å². The molecule has 1 amide bonds. The molecular weight excluding hydrogens is 370 g/mol. The third kappa shape index (κ3) is 6.23. The molecular formula is C19H24ClN3O4. The molecule has 0 radical (unpaired) electrons. The largest absolute Gasteiger partial charge is 0.448 e. The summed E-state index contributed by atoms with van der Waals surface area (Å²) in [6.45, 7) is 4.69. The quantitative estimate of drug-likeness (QED) is 0.551. The van der Waals surface area contributed by atoms with Gasteiger partial charge in [-0.3, -0.25) is 9.78 Å². The Labute approximate surface area is 164 Å². The SMILES string of the molecule is C[C@H](N)C(=O)N[C@@H](C)C(=O)OC(C)(Oc1ccccc1)c1ccncc1.Cl. The number of hydrogen-bond acceptors (Lipinski definition) is 6. The number of rotatable bonds is 7. The van der Waals surface area contributed by atoms with Crippen LogP contribution < -0.4 is 15.8 Å². The average Bonchev–Trinajstić information content (AvgIpc) is 2.63. The second-order valence-corrected chi connectivity index (χ2v) is 6.04. The van der Waals surface area contributed by atoms with Crippen LogP contribution in [0.5, 0.6) is 5.75 Å². The number of benzene rings is 1. The molecule has 0 aliphatic carbocycles. The number of pyridine rings is 1. The minimum absolute atomic E-state index is 0. The van der Waals surface area contributed by atoms with E-state index in [2.05, 4.69) is 10.3 Å². The minimum Gasteiger partial charge on any atom is -0.448 e. The number of para-hydroxylation sites is 1. The zero-order valence-corrected chi connectivity index (χ0v) is 16.2. The molecule has 2 aromatic rings. The zero-order valence-electron chi connectivity index (χ0n) is 15.4. The lowest BCUT2D eigenvalue weighted by atomic mass is 10.1. The molecule has 3 N–H and O–H groups in total. The number of carbonyl (C=O) groups excluding carboxylic acids is 2. The zero-order chi connectivity index (χ0) is 19.2. The molecule has 0 aliphatic rings. The fraction of sp³-hybridized carbons (Fsp3) is 0.316. The predicted octanol–water partition coefficient (Wildman–Crippen LogP) is 2.15. The van der Waals surface area contributed by atoms with Crippen LogP contribution in [0, 0.1) is 0 Å². The second kappa shape index (κ2) is 9.89. The molecule has 7 nitrogen and oxygen atoms in total. The van der Waals surface area contributed by atoms with Gasteiger partial charge in [0.1, 0.15) is 11.8 Å². The predicted molar refractivity (Wildman–Crippen MR) is 103 cm³/mol. The lowest BCUT2D eigenvalue weighted by molar-refractivity contribution is -0.198. The van der Waals surface area contributed by atoms with Crippen LogP contribution in [0.2, 0.25) is 0 Å². The van der Waals surface area contributed by atoms with E-state index in [0.717, 1.165) is 0 Å². The third-order valence-electron chi connectivity index (χ3n) is 3.68. The number of nitrogens with zero attached hydrogens (tertiary/aromatic N) is 1. The van der Waals surface area contributed by atoms with Gasteiger partial charge in [0.05, 0.1) is 6.04 Å². The van der Waals surface area contributed by atoms with Crippen molar-refractivity contribution < 1.29 is 19.1 Å². The second-order valence-electron chi connectivity index (χ2n) is 6.04. The van der Waals surface area contributed by atoms with Crippen molar-refractivity contribution >= 4 is 24.3 Å². The maximum Gasteiger partial charge on any atom is 0.331 e. The maximum atomic E-state index is 12.5. The van der Waals surface area contributed by atoms with Gasteiger partial charge in [0.25, 0.3) is 5.79 Å². The van der Waals surface area contributed by atoms with Gasteiger partial charge < -0.3 is 20.5 Å². The Hall–Kier alpha value is -2.64. The van der Waals surface area contributed by atoms with Crippen molar-refractivity contribution in [3.8, 4) is 5.75 Å². The summed E-state index contributed by atoms with van der Waals surface area (Å²) < 4.78 is 11.6. The number of amides is 1. The van der Waals surface area contributed by atoms with Crippen LogP contribution in [-0.4, -0.2) is 28.9 Å². The van der Waals surface area contributed by atoms with Gasteiger partial charge in [-0.2, -0.15) is 0 Å². The van der Waals surface area contributed by atoms with Crippen molar-refractivity contribution in [1.82, 2.24) is 10.3 Å². The highest BCUT2D eigenvalue weighted by atomic mass is 35.5. The third-order valence-corrected chi connectivity index (χ3v) is 3.68. The van der Waals surface area contributed by atoms with Crippen LogP contribution in [-0.2, 0) is 20.1 Å². The van der Waals surface area contributed by atoms with Crippen molar-refractivity contribution in [2.24, 2.45) is 5.73 Å². The first-order valence-electron chi connectivity index (χ1n) is 8.25. The summed E-state index contributed by atoms with van der Waals surface area (Å²) in [6.07, 6.45) is 3.16. The number of ether oxygens (including phenoxy) is 2. The van der Waals surface area contributed by atoms with Crippen molar-refractivity contribution in [2.75, 3.05) is 0 Å². The molecule has 1 heterocycles. The van der Waals surface area contributed by atoms with Crippen LogP contribution in [0.15, 0.2) is 54.9 Å². The minimum atomic E-state index is -1.39. The summed E-state index contributed by atoms with van der Waals surface area (Å²) >= 11 is 0. The van der Waals surface area contributed by atoms with E-state index in [-0.39, 0.29) is 12.4 Å². The molecule has 1 aromatic carbocycles. The van der Waals surface area contributed by atoms with Crippen LogP contribution in [0.4, 0.5) is 0 Å². The molecule has 3 atom stereocenters. The van der Waals surface area contributed by atoms with Gasteiger partial charge in [-0.1, -0.05) is 18.2 Å². The number of halogens is 1.